The summed E-state index contributed by atoms with van der Waals surface area (Å²) in [5.74, 6) is -1.20. The van der Waals surface area contributed by atoms with Crippen molar-refractivity contribution in [2.45, 2.75) is 6.54 Å². The number of aldehydes is 1. The highest BCUT2D eigenvalue weighted by atomic mass is 79.9. The molecule has 5 heteroatoms. The van der Waals surface area contributed by atoms with Gasteiger partial charge >= 0.3 is 0 Å². The number of hydrogen-bond acceptors (Lipinski definition) is 1. The van der Waals surface area contributed by atoms with Crippen molar-refractivity contribution in [1.82, 2.24) is 4.57 Å². The van der Waals surface area contributed by atoms with Gasteiger partial charge in [0.15, 0.2) is 6.29 Å². The summed E-state index contributed by atoms with van der Waals surface area (Å²) in [6.45, 7) is 0.0584. The van der Waals surface area contributed by atoms with Crippen LogP contribution in [0.15, 0.2) is 47.1 Å². The molecule has 0 bridgehead atoms. The van der Waals surface area contributed by atoms with Crippen LogP contribution in [0.1, 0.15) is 15.9 Å². The van der Waals surface area contributed by atoms with Crippen LogP contribution in [0.25, 0.3) is 10.9 Å². The minimum atomic E-state index is -0.608. The standard InChI is InChI=1S/C16H10BrF2NO/c17-13-4-5-14(18)12(16(13)19)8-20-7-6-11-10(9-21)2-1-3-15(11)20/h1-7,9H,8H2. The lowest BCUT2D eigenvalue weighted by Gasteiger charge is -2.09. The van der Waals surface area contributed by atoms with E-state index in [0.717, 1.165) is 17.2 Å². The Morgan fingerprint density at radius 1 is 1.14 bits per heavy atom. The minimum absolute atomic E-state index is 0.0154. The van der Waals surface area contributed by atoms with Crippen molar-refractivity contribution in [3.63, 3.8) is 0 Å². The lowest BCUT2D eigenvalue weighted by atomic mass is 10.1. The Balaban J connectivity index is 2.11. The van der Waals surface area contributed by atoms with Crippen LogP contribution in [0.4, 0.5) is 8.78 Å². The molecule has 0 amide bonds. The Kier molecular flexibility index (Phi) is 3.59. The van der Waals surface area contributed by atoms with E-state index >= 15 is 0 Å². The summed E-state index contributed by atoms with van der Waals surface area (Å²) < 4.78 is 29.8. The molecule has 0 saturated carbocycles. The van der Waals surface area contributed by atoms with Gasteiger partial charge in [-0.15, -0.1) is 0 Å². The fourth-order valence-electron chi connectivity index (χ4n) is 2.37. The molecule has 0 atom stereocenters. The van der Waals surface area contributed by atoms with Gasteiger partial charge in [0, 0.05) is 28.2 Å². The second-order valence-corrected chi connectivity index (χ2v) is 5.52. The van der Waals surface area contributed by atoms with Crippen molar-refractivity contribution in [2.75, 3.05) is 0 Å². The van der Waals surface area contributed by atoms with E-state index in [1.54, 1.807) is 29.0 Å². The molecule has 0 N–H and O–H groups in total. The number of rotatable bonds is 3. The lowest BCUT2D eigenvalue weighted by Crippen LogP contribution is -2.04. The third-order valence-corrected chi connectivity index (χ3v) is 4.05. The normalized spacial score (nSPS) is 11.0. The molecule has 0 unspecified atom stereocenters. The molecule has 21 heavy (non-hydrogen) atoms. The van der Waals surface area contributed by atoms with E-state index in [2.05, 4.69) is 15.9 Å². The highest BCUT2D eigenvalue weighted by Crippen LogP contribution is 2.25. The molecular weight excluding hydrogens is 340 g/mol. The number of carbonyl (C=O) groups is 1. The molecule has 0 saturated heterocycles. The van der Waals surface area contributed by atoms with Gasteiger partial charge in [0.1, 0.15) is 11.6 Å². The maximum atomic E-state index is 14.0. The van der Waals surface area contributed by atoms with E-state index < -0.39 is 11.6 Å². The van der Waals surface area contributed by atoms with Crippen molar-refractivity contribution in [2.24, 2.45) is 0 Å². The van der Waals surface area contributed by atoms with Gasteiger partial charge in [0.25, 0.3) is 0 Å². The zero-order valence-electron chi connectivity index (χ0n) is 10.8. The number of nitrogens with zero attached hydrogens (tertiary/aromatic N) is 1. The van der Waals surface area contributed by atoms with Crippen molar-refractivity contribution < 1.29 is 13.6 Å². The molecule has 0 aliphatic carbocycles. The Morgan fingerprint density at radius 2 is 1.95 bits per heavy atom. The highest BCUT2D eigenvalue weighted by Gasteiger charge is 2.14. The van der Waals surface area contributed by atoms with Gasteiger partial charge in [-0.2, -0.15) is 0 Å². The predicted octanol–water partition coefficient (Wildman–Crippen LogP) is 4.54. The van der Waals surface area contributed by atoms with Gasteiger partial charge in [-0.3, -0.25) is 4.79 Å². The second-order valence-electron chi connectivity index (χ2n) is 4.66. The number of hydrogen-bond donors (Lipinski definition) is 0. The van der Waals surface area contributed by atoms with Gasteiger partial charge < -0.3 is 4.57 Å². The van der Waals surface area contributed by atoms with E-state index in [1.165, 1.54) is 12.1 Å². The smallest absolute Gasteiger partial charge is 0.150 e. The Morgan fingerprint density at radius 3 is 2.71 bits per heavy atom. The fourth-order valence-corrected chi connectivity index (χ4v) is 2.74. The lowest BCUT2D eigenvalue weighted by molar-refractivity contribution is 0.112. The van der Waals surface area contributed by atoms with Crippen LogP contribution in [0, 0.1) is 11.6 Å². The summed E-state index contributed by atoms with van der Waals surface area (Å²) in [4.78, 5) is 11.0. The summed E-state index contributed by atoms with van der Waals surface area (Å²) in [5, 5.41) is 0.767. The monoisotopic (exact) mass is 349 g/mol. The predicted molar refractivity (Wildman–Crippen MR) is 80.5 cm³/mol. The van der Waals surface area contributed by atoms with E-state index in [9.17, 15) is 13.6 Å². The van der Waals surface area contributed by atoms with Crippen LogP contribution in [0.2, 0.25) is 0 Å². The molecular formula is C16H10BrF2NO. The molecule has 3 rings (SSSR count). The zero-order valence-corrected chi connectivity index (χ0v) is 12.4. The first-order valence-electron chi connectivity index (χ1n) is 6.27. The van der Waals surface area contributed by atoms with E-state index in [-0.39, 0.29) is 16.6 Å². The van der Waals surface area contributed by atoms with Crippen LogP contribution in [-0.2, 0) is 6.54 Å². The van der Waals surface area contributed by atoms with Crippen LogP contribution in [0.3, 0.4) is 0 Å². The van der Waals surface area contributed by atoms with E-state index in [4.69, 9.17) is 0 Å². The summed E-state index contributed by atoms with van der Waals surface area (Å²) in [7, 11) is 0. The minimum Gasteiger partial charge on any atom is -0.343 e. The second kappa shape index (κ2) is 5.41. The third-order valence-electron chi connectivity index (χ3n) is 3.44. The Hall–Kier alpha value is -2.01. The molecule has 0 aliphatic rings. The fraction of sp³-hybridized carbons (Fsp3) is 0.0625. The van der Waals surface area contributed by atoms with Crippen LogP contribution >= 0.6 is 15.9 Å². The number of aromatic nitrogens is 1. The van der Waals surface area contributed by atoms with Gasteiger partial charge in [0.05, 0.1) is 11.0 Å². The number of benzene rings is 2. The van der Waals surface area contributed by atoms with Crippen molar-refractivity contribution in [3.8, 4) is 0 Å². The first-order valence-corrected chi connectivity index (χ1v) is 7.06. The van der Waals surface area contributed by atoms with E-state index in [0.29, 0.717) is 5.56 Å². The number of halogens is 3. The van der Waals surface area contributed by atoms with Crippen molar-refractivity contribution in [3.05, 3.63) is 69.8 Å². The summed E-state index contributed by atoms with van der Waals surface area (Å²) in [6, 6.07) is 9.61. The van der Waals surface area contributed by atoms with Crippen molar-refractivity contribution >= 4 is 33.1 Å². The van der Waals surface area contributed by atoms with Crippen LogP contribution in [-0.4, -0.2) is 10.9 Å². The molecule has 106 valence electrons. The van der Waals surface area contributed by atoms with Gasteiger partial charge in [0.2, 0.25) is 0 Å². The molecule has 0 aliphatic heterocycles. The molecule has 0 radical (unpaired) electrons. The quantitative estimate of drug-likeness (QED) is 0.502. The molecule has 2 aromatic carbocycles. The van der Waals surface area contributed by atoms with Crippen molar-refractivity contribution in [1.29, 1.82) is 0 Å². The number of fused-ring (bicyclic) bond motifs is 1. The Labute approximate surface area is 128 Å². The first kappa shape index (κ1) is 13.9. The summed E-state index contributed by atoms with van der Waals surface area (Å²) in [5.41, 5.74) is 1.30. The average molecular weight is 350 g/mol. The highest BCUT2D eigenvalue weighted by molar-refractivity contribution is 9.10. The van der Waals surface area contributed by atoms with E-state index in [1.807, 2.05) is 6.07 Å². The van der Waals surface area contributed by atoms with Gasteiger partial charge in [-0.05, 0) is 40.2 Å². The molecule has 1 aromatic heterocycles. The summed E-state index contributed by atoms with van der Waals surface area (Å²) >= 11 is 3.06. The average Bonchev–Trinajstić information content (AvgIpc) is 2.90. The first-order chi connectivity index (χ1) is 10.1. The summed E-state index contributed by atoms with van der Waals surface area (Å²) in [6.07, 6.45) is 2.49. The molecule has 0 fully saturated rings. The SMILES string of the molecule is O=Cc1cccc2c1ccn2Cc1c(F)ccc(Br)c1F. The molecule has 0 spiro atoms. The van der Waals surface area contributed by atoms with Crippen LogP contribution in [0.5, 0.6) is 0 Å². The topological polar surface area (TPSA) is 22.0 Å². The maximum Gasteiger partial charge on any atom is 0.150 e. The zero-order chi connectivity index (χ0) is 15.0. The molecule has 3 aromatic rings. The third kappa shape index (κ3) is 2.38. The van der Waals surface area contributed by atoms with Gasteiger partial charge in [-0.25, -0.2) is 8.78 Å². The van der Waals surface area contributed by atoms with Crippen LogP contribution < -0.4 is 0 Å². The Bertz CT molecular complexity index is 842. The number of carbonyl (C=O) groups excluding carboxylic acids is 1. The largest absolute Gasteiger partial charge is 0.343 e. The molecule has 1 heterocycles. The van der Waals surface area contributed by atoms with Gasteiger partial charge in [-0.1, -0.05) is 12.1 Å². The maximum absolute atomic E-state index is 14.0. The molecule has 2 nitrogen and oxygen atoms in total.